The highest BCUT2D eigenvalue weighted by Crippen LogP contribution is 2.17. The van der Waals surface area contributed by atoms with Crippen LogP contribution in [0.2, 0.25) is 19.6 Å². The predicted octanol–water partition coefficient (Wildman–Crippen LogP) is 5.31. The molecule has 0 saturated carbocycles. The van der Waals surface area contributed by atoms with E-state index in [9.17, 15) is 0 Å². The van der Waals surface area contributed by atoms with Gasteiger partial charge in [-0.2, -0.15) is 0 Å². The summed E-state index contributed by atoms with van der Waals surface area (Å²) < 4.78 is 0. The zero-order valence-electron chi connectivity index (χ0n) is 14.1. The van der Waals surface area contributed by atoms with E-state index in [4.69, 9.17) is 4.99 Å². The molecule has 0 radical (unpaired) electrons. The summed E-state index contributed by atoms with van der Waals surface area (Å²) >= 11 is 0. The molecule has 0 saturated heterocycles. The maximum Gasteiger partial charge on any atom is 0.129 e. The van der Waals surface area contributed by atoms with Crippen LogP contribution in [-0.2, 0) is 0 Å². The van der Waals surface area contributed by atoms with Crippen LogP contribution in [0, 0.1) is 25.3 Å². The maximum atomic E-state index is 4.80. The van der Waals surface area contributed by atoms with Crippen molar-refractivity contribution in [1.29, 1.82) is 0 Å². The predicted molar refractivity (Wildman–Crippen MR) is 99.7 cm³/mol. The molecule has 0 unspecified atom stereocenters. The highest BCUT2D eigenvalue weighted by atomic mass is 28.3. The maximum absolute atomic E-state index is 4.80. The minimum absolute atomic E-state index is 0.865. The molecule has 22 heavy (non-hydrogen) atoms. The van der Waals surface area contributed by atoms with Crippen molar-refractivity contribution < 1.29 is 0 Å². The molecule has 0 atom stereocenters. The fourth-order valence-corrected chi connectivity index (χ4v) is 2.48. The van der Waals surface area contributed by atoms with E-state index in [0.717, 1.165) is 17.0 Å². The molecule has 0 amide bonds. The second-order valence-corrected chi connectivity index (χ2v) is 11.4. The third-order valence-corrected chi connectivity index (χ3v) is 4.11. The van der Waals surface area contributed by atoms with Crippen molar-refractivity contribution >= 4 is 19.5 Å². The molecule has 2 aromatic rings. The molecule has 112 valence electrons. The molecule has 0 fully saturated rings. The minimum Gasteiger partial charge on any atom is -0.239 e. The van der Waals surface area contributed by atoms with Crippen molar-refractivity contribution in [3.8, 4) is 11.5 Å². The lowest BCUT2D eigenvalue weighted by atomic mass is 10.0. The molecular weight excluding hydrogens is 282 g/mol. The van der Waals surface area contributed by atoms with Crippen molar-refractivity contribution in [3.05, 3.63) is 65.2 Å². The van der Waals surface area contributed by atoms with Gasteiger partial charge >= 0.3 is 0 Å². The fourth-order valence-electron chi connectivity index (χ4n) is 1.99. The standard InChI is InChI=1S/C20H23NSi/c1-16-10-12-18(13-11-16)21-20(14-15-22(3,4)5)19-9-7-6-8-17(19)2/h6-13H,1-5H3. The summed E-state index contributed by atoms with van der Waals surface area (Å²) in [7, 11) is -1.44. The molecular formula is C20H23NSi. The summed E-state index contributed by atoms with van der Waals surface area (Å²) in [5.41, 5.74) is 8.82. The van der Waals surface area contributed by atoms with Crippen LogP contribution in [0.5, 0.6) is 0 Å². The molecule has 0 heterocycles. The summed E-state index contributed by atoms with van der Waals surface area (Å²) in [4.78, 5) is 4.80. The Morgan fingerprint density at radius 1 is 0.909 bits per heavy atom. The summed E-state index contributed by atoms with van der Waals surface area (Å²) in [5, 5.41) is 0. The Hall–Kier alpha value is -2.11. The molecule has 0 aromatic heterocycles. The molecule has 0 aliphatic rings. The van der Waals surface area contributed by atoms with Crippen molar-refractivity contribution in [2.45, 2.75) is 33.5 Å². The quantitative estimate of drug-likeness (QED) is 0.405. The second kappa shape index (κ2) is 6.77. The van der Waals surface area contributed by atoms with Gasteiger partial charge in [0.1, 0.15) is 13.8 Å². The van der Waals surface area contributed by atoms with E-state index < -0.39 is 8.07 Å². The number of hydrogen-bond acceptors (Lipinski definition) is 1. The summed E-state index contributed by atoms with van der Waals surface area (Å²) in [5.74, 6) is 3.34. The van der Waals surface area contributed by atoms with Crippen LogP contribution in [0.3, 0.4) is 0 Å². The molecule has 0 bridgehead atoms. The third-order valence-electron chi connectivity index (χ3n) is 3.23. The highest BCUT2D eigenvalue weighted by molar-refractivity contribution is 6.84. The first-order valence-electron chi connectivity index (χ1n) is 7.60. The van der Waals surface area contributed by atoms with Gasteiger partial charge in [-0.3, -0.25) is 0 Å². The Balaban J connectivity index is 2.52. The van der Waals surface area contributed by atoms with Crippen LogP contribution in [0.4, 0.5) is 5.69 Å². The van der Waals surface area contributed by atoms with Gasteiger partial charge in [0.05, 0.1) is 5.69 Å². The minimum atomic E-state index is -1.44. The lowest BCUT2D eigenvalue weighted by Gasteiger charge is -2.07. The SMILES string of the molecule is Cc1ccc(N=C(C#C[Si](C)(C)C)c2ccccc2C)cc1. The topological polar surface area (TPSA) is 12.4 Å². The lowest BCUT2D eigenvalue weighted by molar-refractivity contribution is 1.41. The Morgan fingerprint density at radius 2 is 1.55 bits per heavy atom. The van der Waals surface area contributed by atoms with Crippen LogP contribution >= 0.6 is 0 Å². The van der Waals surface area contributed by atoms with Gasteiger partial charge in [-0.25, -0.2) is 4.99 Å². The van der Waals surface area contributed by atoms with Gasteiger partial charge < -0.3 is 0 Å². The molecule has 1 nitrogen and oxygen atoms in total. The monoisotopic (exact) mass is 305 g/mol. The van der Waals surface area contributed by atoms with Crippen molar-refractivity contribution in [3.63, 3.8) is 0 Å². The van der Waals surface area contributed by atoms with Crippen LogP contribution in [-0.4, -0.2) is 13.8 Å². The van der Waals surface area contributed by atoms with Crippen LogP contribution in [0.25, 0.3) is 0 Å². The number of aliphatic imine (C=N–C) groups is 1. The average molecular weight is 305 g/mol. The molecule has 0 aliphatic carbocycles. The van der Waals surface area contributed by atoms with Gasteiger partial charge in [0.15, 0.2) is 0 Å². The van der Waals surface area contributed by atoms with Crippen LogP contribution < -0.4 is 0 Å². The smallest absolute Gasteiger partial charge is 0.129 e. The summed E-state index contributed by atoms with van der Waals surface area (Å²) in [6.45, 7) is 10.9. The summed E-state index contributed by atoms with van der Waals surface area (Å²) in [6, 6.07) is 16.6. The van der Waals surface area contributed by atoms with E-state index in [1.165, 1.54) is 11.1 Å². The second-order valence-electron chi connectivity index (χ2n) is 6.61. The lowest BCUT2D eigenvalue weighted by Crippen LogP contribution is -2.17. The fraction of sp³-hybridized carbons (Fsp3) is 0.250. The first-order valence-corrected chi connectivity index (χ1v) is 11.1. The first-order chi connectivity index (χ1) is 10.3. The Bertz CT molecular complexity index is 738. The molecule has 0 spiro atoms. The largest absolute Gasteiger partial charge is 0.239 e. The van der Waals surface area contributed by atoms with E-state index in [1.54, 1.807) is 0 Å². The number of aryl methyl sites for hydroxylation is 2. The molecule has 2 rings (SSSR count). The number of nitrogens with zero attached hydrogens (tertiary/aromatic N) is 1. The van der Waals surface area contributed by atoms with Crippen molar-refractivity contribution in [1.82, 2.24) is 0 Å². The first kappa shape index (κ1) is 16.3. The highest BCUT2D eigenvalue weighted by Gasteiger charge is 2.10. The summed E-state index contributed by atoms with van der Waals surface area (Å²) in [6.07, 6.45) is 0. The average Bonchev–Trinajstić information content (AvgIpc) is 2.45. The van der Waals surface area contributed by atoms with Gasteiger partial charge in [0, 0.05) is 5.56 Å². The normalized spacial score (nSPS) is 11.8. The van der Waals surface area contributed by atoms with Gasteiger partial charge in [-0.15, -0.1) is 5.54 Å². The van der Waals surface area contributed by atoms with E-state index in [0.29, 0.717) is 0 Å². The Morgan fingerprint density at radius 3 is 2.14 bits per heavy atom. The number of rotatable bonds is 2. The van der Waals surface area contributed by atoms with E-state index in [2.05, 4.69) is 69.2 Å². The molecule has 0 aliphatic heterocycles. The number of hydrogen-bond donors (Lipinski definition) is 0. The molecule has 0 N–H and O–H groups in total. The van der Waals surface area contributed by atoms with Crippen molar-refractivity contribution in [2.24, 2.45) is 4.99 Å². The van der Waals surface area contributed by atoms with Crippen molar-refractivity contribution in [2.75, 3.05) is 0 Å². The van der Waals surface area contributed by atoms with Gasteiger partial charge in [-0.1, -0.05) is 67.5 Å². The van der Waals surface area contributed by atoms with Crippen LogP contribution in [0.1, 0.15) is 16.7 Å². The third kappa shape index (κ3) is 4.72. The van der Waals surface area contributed by atoms with Crippen LogP contribution in [0.15, 0.2) is 53.5 Å². The van der Waals surface area contributed by atoms with E-state index in [1.807, 2.05) is 24.3 Å². The number of benzene rings is 2. The Labute approximate surface area is 135 Å². The van der Waals surface area contributed by atoms with Gasteiger partial charge in [-0.05, 0) is 31.5 Å². The zero-order chi connectivity index (χ0) is 16.2. The van der Waals surface area contributed by atoms with E-state index in [-0.39, 0.29) is 0 Å². The molecule has 2 aromatic carbocycles. The van der Waals surface area contributed by atoms with Gasteiger partial charge in [0.25, 0.3) is 0 Å². The zero-order valence-corrected chi connectivity index (χ0v) is 15.1. The molecule has 2 heteroatoms. The van der Waals surface area contributed by atoms with Gasteiger partial charge in [0.2, 0.25) is 0 Å². The Kier molecular flexibility index (Phi) is 5.00. The van der Waals surface area contributed by atoms with E-state index >= 15 is 0 Å².